The number of fused-ring (bicyclic) bond motifs is 1. The van der Waals surface area contributed by atoms with Gasteiger partial charge in [0, 0.05) is 12.1 Å². The number of hydrogen-bond acceptors (Lipinski definition) is 6. The molecule has 23 heavy (non-hydrogen) atoms. The van der Waals surface area contributed by atoms with Crippen LogP contribution >= 0.6 is 11.8 Å². The number of benzene rings is 1. The van der Waals surface area contributed by atoms with E-state index >= 15 is 0 Å². The summed E-state index contributed by atoms with van der Waals surface area (Å²) in [5, 5.41) is 11.8. The van der Waals surface area contributed by atoms with Crippen LogP contribution in [0.15, 0.2) is 48.0 Å². The number of hydrogen-bond donors (Lipinski definition) is 1. The summed E-state index contributed by atoms with van der Waals surface area (Å²) in [5.41, 5.74) is 1.64. The second-order valence-corrected chi connectivity index (χ2v) is 5.70. The van der Waals surface area contributed by atoms with Gasteiger partial charge in [-0.3, -0.25) is 4.79 Å². The molecule has 0 saturated carbocycles. The molecule has 1 aromatic carbocycles. The summed E-state index contributed by atoms with van der Waals surface area (Å²) in [4.78, 5) is 11.5. The summed E-state index contributed by atoms with van der Waals surface area (Å²) in [7, 11) is 0. The van der Waals surface area contributed by atoms with E-state index in [-0.39, 0.29) is 12.7 Å². The highest BCUT2D eigenvalue weighted by atomic mass is 32.2. The summed E-state index contributed by atoms with van der Waals surface area (Å²) in [6.45, 7) is 4.26. The quantitative estimate of drug-likeness (QED) is 0.647. The molecule has 0 fully saturated rings. The van der Waals surface area contributed by atoms with Crippen molar-refractivity contribution in [3.8, 4) is 22.8 Å². The smallest absolute Gasteiger partial charge is 0.231 e. The van der Waals surface area contributed by atoms with E-state index in [1.807, 2.05) is 30.3 Å². The minimum atomic E-state index is -0.0588. The van der Waals surface area contributed by atoms with Crippen molar-refractivity contribution in [3.63, 3.8) is 0 Å². The maximum Gasteiger partial charge on any atom is 0.231 e. The molecule has 1 aliphatic rings. The average molecular weight is 329 g/mol. The topological polar surface area (TPSA) is 73.3 Å². The lowest BCUT2D eigenvalue weighted by atomic mass is 10.1. The number of nitrogens with one attached hydrogen (secondary N) is 1. The maximum atomic E-state index is 11.5. The van der Waals surface area contributed by atoms with Gasteiger partial charge in [0.25, 0.3) is 0 Å². The molecule has 118 valence electrons. The molecule has 0 bridgehead atoms. The molecule has 1 aliphatic heterocycles. The van der Waals surface area contributed by atoms with Gasteiger partial charge in [-0.05, 0) is 30.3 Å². The summed E-state index contributed by atoms with van der Waals surface area (Å²) in [5.74, 6) is 1.68. The monoisotopic (exact) mass is 329 g/mol. The summed E-state index contributed by atoms with van der Waals surface area (Å²) in [6, 6.07) is 9.35. The van der Waals surface area contributed by atoms with Gasteiger partial charge in [-0.25, -0.2) is 0 Å². The van der Waals surface area contributed by atoms with Crippen LogP contribution in [0.2, 0.25) is 0 Å². The third-order valence-corrected chi connectivity index (χ3v) is 4.02. The Morgan fingerprint density at radius 2 is 2.13 bits per heavy atom. The average Bonchev–Trinajstić information content (AvgIpc) is 3.06. The van der Waals surface area contributed by atoms with E-state index in [0.29, 0.717) is 23.1 Å². The Labute approximate surface area is 137 Å². The molecule has 0 aliphatic carbocycles. The van der Waals surface area contributed by atoms with Gasteiger partial charge in [0.05, 0.1) is 11.4 Å². The molecule has 1 amide bonds. The zero-order valence-electron chi connectivity index (χ0n) is 12.3. The first kappa shape index (κ1) is 15.4. The minimum Gasteiger partial charge on any atom is -0.454 e. The number of carbonyl (C=O) groups excluding carboxylic acids is 1. The molecule has 0 spiro atoms. The first-order valence-corrected chi connectivity index (χ1v) is 7.99. The zero-order valence-corrected chi connectivity index (χ0v) is 13.1. The number of aromatic nitrogens is 2. The lowest BCUT2D eigenvalue weighted by Crippen LogP contribution is -2.24. The van der Waals surface area contributed by atoms with Crippen LogP contribution < -0.4 is 14.8 Å². The molecule has 2 heterocycles. The molecule has 0 saturated heterocycles. The van der Waals surface area contributed by atoms with Crippen molar-refractivity contribution in [2.24, 2.45) is 0 Å². The summed E-state index contributed by atoms with van der Waals surface area (Å²) >= 11 is 1.34. The van der Waals surface area contributed by atoms with Crippen LogP contribution in [0.3, 0.4) is 0 Å². The largest absolute Gasteiger partial charge is 0.454 e. The first-order chi connectivity index (χ1) is 11.3. The Hall–Kier alpha value is -2.54. The standard InChI is InChI=1S/C16H15N3O3S/c1-2-7-17-15(20)9-23-16-6-4-12(18-19-16)11-3-5-13-14(8-11)22-10-21-13/h2-6,8H,1,7,9-10H2,(H,17,20). The first-order valence-electron chi connectivity index (χ1n) is 7.00. The van der Waals surface area contributed by atoms with E-state index < -0.39 is 0 Å². The Bertz CT molecular complexity index is 719. The molecule has 2 aromatic rings. The van der Waals surface area contributed by atoms with E-state index in [1.54, 1.807) is 6.08 Å². The minimum absolute atomic E-state index is 0.0588. The van der Waals surface area contributed by atoms with Crippen LogP contribution in [0.25, 0.3) is 11.3 Å². The van der Waals surface area contributed by atoms with Crippen molar-refractivity contribution in [3.05, 3.63) is 43.0 Å². The van der Waals surface area contributed by atoms with Gasteiger partial charge in [0.2, 0.25) is 12.7 Å². The molecule has 7 heteroatoms. The SMILES string of the molecule is C=CCNC(=O)CSc1ccc(-c2ccc3c(c2)OCO3)nn1. The van der Waals surface area contributed by atoms with Gasteiger partial charge in [-0.15, -0.1) is 16.8 Å². The third kappa shape index (κ3) is 3.81. The van der Waals surface area contributed by atoms with E-state index in [0.717, 1.165) is 17.0 Å². The second-order valence-electron chi connectivity index (χ2n) is 4.71. The van der Waals surface area contributed by atoms with Gasteiger partial charge < -0.3 is 14.8 Å². The van der Waals surface area contributed by atoms with Crippen LogP contribution in [0, 0.1) is 0 Å². The predicted molar refractivity (Wildman–Crippen MR) is 87.5 cm³/mol. The van der Waals surface area contributed by atoms with Crippen molar-refractivity contribution in [1.82, 2.24) is 15.5 Å². The molecule has 0 atom stereocenters. The highest BCUT2D eigenvalue weighted by molar-refractivity contribution is 7.99. The normalized spacial score (nSPS) is 12.0. The van der Waals surface area contributed by atoms with Crippen molar-refractivity contribution < 1.29 is 14.3 Å². The number of nitrogens with zero attached hydrogens (tertiary/aromatic N) is 2. The summed E-state index contributed by atoms with van der Waals surface area (Å²) < 4.78 is 10.6. The Morgan fingerprint density at radius 3 is 2.91 bits per heavy atom. The van der Waals surface area contributed by atoms with E-state index in [4.69, 9.17) is 9.47 Å². The van der Waals surface area contributed by atoms with Gasteiger partial charge in [0.1, 0.15) is 5.03 Å². The molecule has 1 N–H and O–H groups in total. The Kier molecular flexibility index (Phi) is 4.77. The molecule has 0 unspecified atom stereocenters. The lowest BCUT2D eigenvalue weighted by molar-refractivity contribution is -0.118. The molecule has 1 aromatic heterocycles. The van der Waals surface area contributed by atoms with Crippen molar-refractivity contribution >= 4 is 17.7 Å². The number of amides is 1. The van der Waals surface area contributed by atoms with Crippen molar-refractivity contribution in [2.75, 3.05) is 19.1 Å². The highest BCUT2D eigenvalue weighted by Crippen LogP contribution is 2.35. The van der Waals surface area contributed by atoms with Crippen molar-refractivity contribution in [1.29, 1.82) is 0 Å². The van der Waals surface area contributed by atoms with Crippen LogP contribution in [0.4, 0.5) is 0 Å². The molecule has 0 radical (unpaired) electrons. The second kappa shape index (κ2) is 7.15. The van der Waals surface area contributed by atoms with Crippen LogP contribution in [0.1, 0.15) is 0 Å². The predicted octanol–water partition coefficient (Wildman–Crippen LogP) is 2.27. The number of ether oxygens (including phenoxy) is 2. The van der Waals surface area contributed by atoms with Crippen LogP contribution in [-0.2, 0) is 4.79 Å². The van der Waals surface area contributed by atoms with Gasteiger partial charge in [-0.2, -0.15) is 0 Å². The molecular weight excluding hydrogens is 314 g/mol. The third-order valence-electron chi connectivity index (χ3n) is 3.10. The van der Waals surface area contributed by atoms with E-state index in [2.05, 4.69) is 22.1 Å². The van der Waals surface area contributed by atoms with E-state index in [9.17, 15) is 4.79 Å². The fraction of sp³-hybridized carbons (Fsp3) is 0.188. The molecule has 6 nitrogen and oxygen atoms in total. The molecular formula is C16H15N3O3S. The van der Waals surface area contributed by atoms with Crippen LogP contribution in [0.5, 0.6) is 11.5 Å². The lowest BCUT2D eigenvalue weighted by Gasteiger charge is -2.04. The Balaban J connectivity index is 1.63. The molecule has 3 rings (SSSR count). The highest BCUT2D eigenvalue weighted by Gasteiger charge is 2.14. The number of thioether (sulfide) groups is 1. The van der Waals surface area contributed by atoms with E-state index in [1.165, 1.54) is 11.8 Å². The fourth-order valence-electron chi connectivity index (χ4n) is 1.98. The fourth-order valence-corrected chi connectivity index (χ4v) is 2.63. The van der Waals surface area contributed by atoms with Gasteiger partial charge in [0.15, 0.2) is 11.5 Å². The number of carbonyl (C=O) groups is 1. The van der Waals surface area contributed by atoms with Crippen LogP contribution in [-0.4, -0.2) is 35.2 Å². The van der Waals surface area contributed by atoms with Gasteiger partial charge >= 0.3 is 0 Å². The zero-order chi connectivity index (χ0) is 16.1. The number of rotatable bonds is 6. The summed E-state index contributed by atoms with van der Waals surface area (Å²) in [6.07, 6.45) is 1.64. The van der Waals surface area contributed by atoms with Gasteiger partial charge in [-0.1, -0.05) is 17.8 Å². The van der Waals surface area contributed by atoms with Crippen molar-refractivity contribution in [2.45, 2.75) is 5.03 Å². The maximum absolute atomic E-state index is 11.5. The Morgan fingerprint density at radius 1 is 1.26 bits per heavy atom.